The summed E-state index contributed by atoms with van der Waals surface area (Å²) in [6.45, 7) is 2.81. The number of carbonyl (C=O) groups excluding carboxylic acids is 2. The molecule has 0 aromatic heterocycles. The van der Waals surface area contributed by atoms with Crippen LogP contribution in [0, 0.1) is 5.82 Å². The Morgan fingerprint density at radius 1 is 0.857 bits per heavy atom. The standard InChI is InChI=1S/C27H29FN4O3/c1-35-24-13-11-23(12-14-24)30-27(34)26(20-5-3-2-4-6-20)32-17-15-31(16-18-32)19-25(33)29-22-9-7-21(28)8-10-22/h2-14,26H,15-19H2,1H3,(H,29,33)(H,30,34). The van der Waals surface area contributed by atoms with Crippen LogP contribution in [0.2, 0.25) is 0 Å². The molecule has 0 spiro atoms. The first-order chi connectivity index (χ1) is 17.0. The Labute approximate surface area is 204 Å². The maximum absolute atomic E-state index is 13.4. The topological polar surface area (TPSA) is 73.9 Å². The number of ether oxygens (including phenoxy) is 1. The smallest absolute Gasteiger partial charge is 0.246 e. The van der Waals surface area contributed by atoms with Crippen LogP contribution >= 0.6 is 0 Å². The van der Waals surface area contributed by atoms with Crippen molar-refractivity contribution in [3.63, 3.8) is 0 Å². The fourth-order valence-electron chi connectivity index (χ4n) is 4.16. The summed E-state index contributed by atoms with van der Waals surface area (Å²) >= 11 is 0. The first-order valence-electron chi connectivity index (χ1n) is 11.5. The average Bonchev–Trinajstić information content (AvgIpc) is 2.88. The molecule has 1 heterocycles. The van der Waals surface area contributed by atoms with E-state index in [-0.39, 0.29) is 24.2 Å². The molecule has 4 rings (SSSR count). The van der Waals surface area contributed by atoms with E-state index in [1.54, 1.807) is 7.11 Å². The van der Waals surface area contributed by atoms with Crippen molar-refractivity contribution in [2.45, 2.75) is 6.04 Å². The molecule has 1 aliphatic heterocycles. The maximum atomic E-state index is 13.4. The van der Waals surface area contributed by atoms with Crippen LogP contribution < -0.4 is 15.4 Å². The van der Waals surface area contributed by atoms with Crippen LogP contribution in [0.15, 0.2) is 78.9 Å². The van der Waals surface area contributed by atoms with Gasteiger partial charge >= 0.3 is 0 Å². The van der Waals surface area contributed by atoms with Crippen LogP contribution in [0.25, 0.3) is 0 Å². The molecule has 3 aromatic rings. The Bertz CT molecular complexity index is 1120. The van der Waals surface area contributed by atoms with Crippen molar-refractivity contribution >= 4 is 23.2 Å². The highest BCUT2D eigenvalue weighted by atomic mass is 19.1. The third-order valence-corrected chi connectivity index (χ3v) is 5.99. The van der Waals surface area contributed by atoms with Crippen LogP contribution in [0.5, 0.6) is 5.75 Å². The van der Waals surface area contributed by atoms with Gasteiger partial charge in [-0.1, -0.05) is 30.3 Å². The molecule has 0 aliphatic carbocycles. The van der Waals surface area contributed by atoms with Gasteiger partial charge < -0.3 is 15.4 Å². The normalized spacial score (nSPS) is 15.3. The second-order valence-corrected chi connectivity index (χ2v) is 8.40. The van der Waals surface area contributed by atoms with Gasteiger partial charge in [-0.3, -0.25) is 19.4 Å². The molecule has 2 N–H and O–H groups in total. The molecule has 2 amide bonds. The highest BCUT2D eigenvalue weighted by Crippen LogP contribution is 2.25. The fraction of sp³-hybridized carbons (Fsp3) is 0.259. The van der Waals surface area contributed by atoms with Crippen LogP contribution in [0.4, 0.5) is 15.8 Å². The zero-order valence-corrected chi connectivity index (χ0v) is 19.6. The molecular weight excluding hydrogens is 447 g/mol. The van der Waals surface area contributed by atoms with Gasteiger partial charge in [0.05, 0.1) is 13.7 Å². The lowest BCUT2D eigenvalue weighted by Crippen LogP contribution is -2.51. The van der Waals surface area contributed by atoms with E-state index in [4.69, 9.17) is 4.74 Å². The Morgan fingerprint density at radius 3 is 2.09 bits per heavy atom. The largest absolute Gasteiger partial charge is 0.497 e. The van der Waals surface area contributed by atoms with E-state index in [1.807, 2.05) is 54.6 Å². The third-order valence-electron chi connectivity index (χ3n) is 5.99. The molecule has 0 bridgehead atoms. The molecule has 7 nitrogen and oxygen atoms in total. The van der Waals surface area contributed by atoms with Gasteiger partial charge in [0.1, 0.15) is 17.6 Å². The van der Waals surface area contributed by atoms with Crippen LogP contribution in [-0.4, -0.2) is 61.4 Å². The molecule has 1 fully saturated rings. The second kappa shape index (κ2) is 11.6. The Balaban J connectivity index is 1.37. The monoisotopic (exact) mass is 476 g/mol. The lowest BCUT2D eigenvalue weighted by Gasteiger charge is -2.38. The third kappa shape index (κ3) is 6.65. The number of benzene rings is 3. The van der Waals surface area contributed by atoms with Crippen molar-refractivity contribution in [1.29, 1.82) is 0 Å². The van der Waals surface area contributed by atoms with Crippen LogP contribution in [-0.2, 0) is 9.59 Å². The number of piperazine rings is 1. The minimum atomic E-state index is -0.450. The van der Waals surface area contributed by atoms with Crippen LogP contribution in [0.3, 0.4) is 0 Å². The molecule has 3 aromatic carbocycles. The molecule has 0 saturated carbocycles. The number of amides is 2. The Kier molecular flexibility index (Phi) is 8.07. The van der Waals surface area contributed by atoms with E-state index in [2.05, 4.69) is 20.4 Å². The summed E-state index contributed by atoms with van der Waals surface area (Å²) in [6, 6.07) is 22.2. The van der Waals surface area contributed by atoms with Gasteiger partial charge in [-0.15, -0.1) is 0 Å². The van der Waals surface area contributed by atoms with Gasteiger partial charge in [0.2, 0.25) is 11.8 Å². The lowest BCUT2D eigenvalue weighted by atomic mass is 10.0. The predicted octanol–water partition coefficient (Wildman–Crippen LogP) is 3.77. The average molecular weight is 477 g/mol. The van der Waals surface area contributed by atoms with Crippen molar-refractivity contribution in [3.8, 4) is 5.75 Å². The van der Waals surface area contributed by atoms with Crippen molar-refractivity contribution in [3.05, 3.63) is 90.2 Å². The maximum Gasteiger partial charge on any atom is 0.246 e. The zero-order valence-electron chi connectivity index (χ0n) is 19.6. The Hall–Kier alpha value is -3.75. The minimum Gasteiger partial charge on any atom is -0.497 e. The van der Waals surface area contributed by atoms with Gasteiger partial charge in [-0.2, -0.15) is 0 Å². The predicted molar refractivity (Wildman–Crippen MR) is 134 cm³/mol. The first-order valence-corrected chi connectivity index (χ1v) is 11.5. The van der Waals surface area contributed by atoms with E-state index in [1.165, 1.54) is 24.3 Å². The highest BCUT2D eigenvalue weighted by molar-refractivity contribution is 5.95. The highest BCUT2D eigenvalue weighted by Gasteiger charge is 2.31. The summed E-state index contributed by atoms with van der Waals surface area (Å²) in [5.41, 5.74) is 2.18. The molecule has 1 unspecified atom stereocenters. The van der Waals surface area contributed by atoms with E-state index in [0.29, 0.717) is 37.6 Å². The van der Waals surface area contributed by atoms with Crippen molar-refractivity contribution < 1.29 is 18.7 Å². The molecule has 8 heteroatoms. The molecular formula is C27H29FN4O3. The summed E-state index contributed by atoms with van der Waals surface area (Å²) in [6.07, 6.45) is 0. The van der Waals surface area contributed by atoms with E-state index in [0.717, 1.165) is 11.3 Å². The van der Waals surface area contributed by atoms with Crippen molar-refractivity contribution in [2.24, 2.45) is 0 Å². The van der Waals surface area contributed by atoms with Crippen molar-refractivity contribution in [2.75, 3.05) is 50.5 Å². The SMILES string of the molecule is COc1ccc(NC(=O)C(c2ccccc2)N2CCN(CC(=O)Nc3ccc(F)cc3)CC2)cc1. The van der Waals surface area contributed by atoms with Gasteiger partial charge in [0.25, 0.3) is 0 Å². The quantitative estimate of drug-likeness (QED) is 0.518. The molecule has 1 saturated heterocycles. The van der Waals surface area contributed by atoms with E-state index >= 15 is 0 Å². The first kappa shape index (κ1) is 24.4. The number of hydrogen-bond acceptors (Lipinski definition) is 5. The van der Waals surface area contributed by atoms with E-state index < -0.39 is 6.04 Å². The van der Waals surface area contributed by atoms with Gasteiger partial charge in [0, 0.05) is 37.6 Å². The minimum absolute atomic E-state index is 0.108. The number of anilines is 2. The summed E-state index contributed by atoms with van der Waals surface area (Å²) in [5, 5.41) is 5.82. The molecule has 1 atom stereocenters. The molecule has 35 heavy (non-hydrogen) atoms. The number of nitrogens with zero attached hydrogens (tertiary/aromatic N) is 2. The molecule has 0 radical (unpaired) electrons. The van der Waals surface area contributed by atoms with Gasteiger partial charge in [-0.25, -0.2) is 4.39 Å². The second-order valence-electron chi connectivity index (χ2n) is 8.40. The number of carbonyl (C=O) groups is 2. The number of methoxy groups -OCH3 is 1. The lowest BCUT2D eigenvalue weighted by molar-refractivity contribution is -0.123. The number of hydrogen-bond donors (Lipinski definition) is 2. The van der Waals surface area contributed by atoms with Crippen LogP contribution in [0.1, 0.15) is 11.6 Å². The summed E-state index contributed by atoms with van der Waals surface area (Å²) in [7, 11) is 1.60. The zero-order chi connectivity index (χ0) is 24.6. The van der Waals surface area contributed by atoms with Crippen molar-refractivity contribution in [1.82, 2.24) is 9.80 Å². The fourth-order valence-corrected chi connectivity index (χ4v) is 4.16. The number of halogens is 1. The van der Waals surface area contributed by atoms with Gasteiger partial charge in [0.15, 0.2) is 0 Å². The Morgan fingerprint density at radius 2 is 1.46 bits per heavy atom. The summed E-state index contributed by atoms with van der Waals surface area (Å²) in [4.78, 5) is 30.0. The molecule has 182 valence electrons. The summed E-state index contributed by atoms with van der Waals surface area (Å²) < 4.78 is 18.3. The summed E-state index contributed by atoms with van der Waals surface area (Å²) in [5.74, 6) is 0.121. The van der Waals surface area contributed by atoms with Gasteiger partial charge in [-0.05, 0) is 54.1 Å². The van der Waals surface area contributed by atoms with E-state index in [9.17, 15) is 14.0 Å². The number of nitrogens with one attached hydrogen (secondary N) is 2. The molecule has 1 aliphatic rings. The number of rotatable bonds is 8.